The number of hydrogen-bond acceptors (Lipinski definition) is 7. The molecule has 2 aromatic carbocycles. The van der Waals surface area contributed by atoms with Crippen LogP contribution in [0.15, 0.2) is 102 Å². The number of fused-ring (bicyclic) bond motifs is 1. The highest BCUT2D eigenvalue weighted by Crippen LogP contribution is 2.35. The van der Waals surface area contributed by atoms with E-state index in [0.717, 1.165) is 59.8 Å². The number of likely N-dealkylation sites (tertiary alicyclic amines) is 1. The first-order valence-electron chi connectivity index (χ1n) is 14.9. The third kappa shape index (κ3) is 6.41. The highest BCUT2D eigenvalue weighted by Gasteiger charge is 2.27. The summed E-state index contributed by atoms with van der Waals surface area (Å²) in [6.45, 7) is 4.01. The van der Waals surface area contributed by atoms with Crippen molar-refractivity contribution in [2.24, 2.45) is 0 Å². The van der Waals surface area contributed by atoms with E-state index in [4.69, 9.17) is 19.9 Å². The van der Waals surface area contributed by atoms with Gasteiger partial charge in [-0.3, -0.25) is 24.6 Å². The standard InChI is InChI=1S/C34H31N7O.CH2O2/c1-22(41-19-15-26(16-20-41)32-38-33(40-39-32)30-9-5-6-17-35-30)23-10-12-25(13-11-23)31-27(24-7-3-2-4-8-24)21-28-29(37-31)14-18-36-34(28)42;2-1-3/h2-14,17-18,21-22,26H,15-16,19-20H2,1H3,(H,36,42)(H,38,39,40);1H,(H,2,3). The third-order valence-corrected chi connectivity index (χ3v) is 8.36. The summed E-state index contributed by atoms with van der Waals surface area (Å²) in [4.78, 5) is 40.3. The second kappa shape index (κ2) is 13.4. The summed E-state index contributed by atoms with van der Waals surface area (Å²) >= 11 is 0. The van der Waals surface area contributed by atoms with E-state index in [1.807, 2.05) is 48.5 Å². The average Bonchev–Trinajstić information content (AvgIpc) is 3.60. The van der Waals surface area contributed by atoms with Crippen LogP contribution in [0.3, 0.4) is 0 Å². The summed E-state index contributed by atoms with van der Waals surface area (Å²) in [5.41, 5.74) is 6.49. The SMILES string of the molecule is CC(c1ccc(-c2nc3cc[nH]c(=O)c3cc2-c2ccccc2)cc1)N1CCC(c2nc(-c3ccccn3)n[nH]2)CC1.O=CO. The van der Waals surface area contributed by atoms with Gasteiger partial charge in [-0.05, 0) is 68.2 Å². The molecule has 1 fully saturated rings. The molecule has 4 aromatic heterocycles. The minimum Gasteiger partial charge on any atom is -0.483 e. The first kappa shape index (κ1) is 29.6. The van der Waals surface area contributed by atoms with E-state index >= 15 is 0 Å². The Morgan fingerprint density at radius 3 is 2.38 bits per heavy atom. The number of benzene rings is 2. The summed E-state index contributed by atoms with van der Waals surface area (Å²) < 4.78 is 0. The minimum absolute atomic E-state index is 0.131. The van der Waals surface area contributed by atoms with Gasteiger partial charge in [-0.25, -0.2) is 9.97 Å². The van der Waals surface area contributed by atoms with Gasteiger partial charge in [-0.1, -0.05) is 60.7 Å². The summed E-state index contributed by atoms with van der Waals surface area (Å²) in [7, 11) is 0. The number of pyridine rings is 3. The van der Waals surface area contributed by atoms with Gasteiger partial charge in [-0.2, -0.15) is 5.10 Å². The Hall–Kier alpha value is -5.48. The second-order valence-electron chi connectivity index (χ2n) is 11.0. The zero-order valence-electron chi connectivity index (χ0n) is 24.8. The molecular formula is C35H33N7O3. The number of aromatic nitrogens is 6. The quantitative estimate of drug-likeness (QED) is 0.196. The van der Waals surface area contributed by atoms with Gasteiger partial charge in [0, 0.05) is 35.5 Å². The Morgan fingerprint density at radius 1 is 0.933 bits per heavy atom. The molecule has 45 heavy (non-hydrogen) atoms. The third-order valence-electron chi connectivity index (χ3n) is 8.36. The molecule has 226 valence electrons. The van der Waals surface area contributed by atoms with Crippen molar-refractivity contribution in [2.45, 2.75) is 31.7 Å². The topological polar surface area (TPSA) is 141 Å². The lowest BCUT2D eigenvalue weighted by atomic mass is 9.93. The minimum atomic E-state index is -0.250. The Balaban J connectivity index is 0.00000115. The summed E-state index contributed by atoms with van der Waals surface area (Å²) in [5.74, 6) is 1.97. The maximum absolute atomic E-state index is 12.5. The number of aromatic amines is 2. The van der Waals surface area contributed by atoms with Crippen LogP contribution in [0.2, 0.25) is 0 Å². The summed E-state index contributed by atoms with van der Waals surface area (Å²) in [5, 5.41) is 15.0. The Bertz CT molecular complexity index is 1930. The molecule has 1 aliphatic heterocycles. The Kier molecular flexibility index (Phi) is 8.84. The molecule has 1 unspecified atom stereocenters. The largest absolute Gasteiger partial charge is 0.483 e. The van der Waals surface area contributed by atoms with Gasteiger partial charge in [0.15, 0.2) is 5.82 Å². The van der Waals surface area contributed by atoms with Crippen LogP contribution in [0.1, 0.15) is 43.1 Å². The van der Waals surface area contributed by atoms with Crippen molar-refractivity contribution in [1.29, 1.82) is 0 Å². The van der Waals surface area contributed by atoms with E-state index in [1.54, 1.807) is 12.4 Å². The molecule has 10 heteroatoms. The average molecular weight is 600 g/mol. The highest BCUT2D eigenvalue weighted by molar-refractivity contribution is 5.91. The van der Waals surface area contributed by atoms with Crippen LogP contribution in [0, 0.1) is 0 Å². The van der Waals surface area contributed by atoms with Crippen LogP contribution < -0.4 is 5.56 Å². The molecule has 0 amide bonds. The highest BCUT2D eigenvalue weighted by atomic mass is 16.3. The van der Waals surface area contributed by atoms with Crippen molar-refractivity contribution in [1.82, 2.24) is 35.0 Å². The molecule has 5 heterocycles. The van der Waals surface area contributed by atoms with Crippen LogP contribution in [-0.2, 0) is 4.79 Å². The van der Waals surface area contributed by atoms with Crippen molar-refractivity contribution in [3.05, 3.63) is 119 Å². The van der Waals surface area contributed by atoms with E-state index in [2.05, 4.69) is 68.4 Å². The van der Waals surface area contributed by atoms with Gasteiger partial charge < -0.3 is 10.1 Å². The number of carboxylic acid groups (broad SMARTS) is 1. The molecule has 0 radical (unpaired) electrons. The smallest absolute Gasteiger partial charge is 0.290 e. The maximum Gasteiger partial charge on any atom is 0.290 e. The molecule has 1 saturated heterocycles. The van der Waals surface area contributed by atoms with Gasteiger partial charge in [0.2, 0.25) is 0 Å². The zero-order valence-corrected chi connectivity index (χ0v) is 24.8. The van der Waals surface area contributed by atoms with Gasteiger partial charge in [0.25, 0.3) is 12.0 Å². The molecule has 0 spiro atoms. The van der Waals surface area contributed by atoms with E-state index in [0.29, 0.717) is 22.6 Å². The molecule has 1 atom stereocenters. The van der Waals surface area contributed by atoms with Gasteiger partial charge in [0.05, 0.1) is 16.6 Å². The van der Waals surface area contributed by atoms with Crippen LogP contribution in [0.25, 0.3) is 44.8 Å². The lowest BCUT2D eigenvalue weighted by Crippen LogP contribution is -2.35. The fraction of sp³-hybridized carbons (Fsp3) is 0.200. The van der Waals surface area contributed by atoms with Crippen molar-refractivity contribution in [3.8, 4) is 33.9 Å². The van der Waals surface area contributed by atoms with Gasteiger partial charge in [-0.15, -0.1) is 0 Å². The predicted molar refractivity (Wildman–Crippen MR) is 174 cm³/mol. The van der Waals surface area contributed by atoms with Crippen LogP contribution in [0.4, 0.5) is 0 Å². The number of piperidine rings is 1. The van der Waals surface area contributed by atoms with Crippen molar-refractivity contribution in [2.75, 3.05) is 13.1 Å². The molecule has 3 N–H and O–H groups in total. The monoisotopic (exact) mass is 599 g/mol. The fourth-order valence-electron chi connectivity index (χ4n) is 5.93. The van der Waals surface area contributed by atoms with Gasteiger partial charge in [0.1, 0.15) is 11.5 Å². The second-order valence-corrected chi connectivity index (χ2v) is 11.0. The Morgan fingerprint density at radius 2 is 1.67 bits per heavy atom. The maximum atomic E-state index is 12.5. The van der Waals surface area contributed by atoms with Crippen LogP contribution in [-0.4, -0.2) is 59.7 Å². The van der Waals surface area contributed by atoms with E-state index in [1.165, 1.54) is 5.56 Å². The lowest BCUT2D eigenvalue weighted by Gasteiger charge is -2.35. The number of H-pyrrole nitrogens is 2. The first-order chi connectivity index (χ1) is 22.1. The Labute approximate surface area is 259 Å². The summed E-state index contributed by atoms with van der Waals surface area (Å²) in [6.07, 6.45) is 5.47. The van der Waals surface area contributed by atoms with Crippen LogP contribution in [0.5, 0.6) is 0 Å². The van der Waals surface area contributed by atoms with Crippen molar-refractivity contribution >= 4 is 17.4 Å². The molecule has 0 saturated carbocycles. The number of nitrogens with one attached hydrogen (secondary N) is 2. The molecule has 10 nitrogen and oxygen atoms in total. The number of rotatable bonds is 6. The fourth-order valence-corrected chi connectivity index (χ4v) is 5.93. The molecule has 6 aromatic rings. The first-order valence-corrected chi connectivity index (χ1v) is 14.9. The number of nitrogens with zero attached hydrogens (tertiary/aromatic N) is 5. The van der Waals surface area contributed by atoms with E-state index in [9.17, 15) is 4.79 Å². The predicted octanol–water partition coefficient (Wildman–Crippen LogP) is 6.08. The molecular weight excluding hydrogens is 566 g/mol. The normalized spacial score (nSPS) is 14.4. The van der Waals surface area contributed by atoms with Crippen molar-refractivity contribution < 1.29 is 9.90 Å². The van der Waals surface area contributed by atoms with Crippen LogP contribution >= 0.6 is 0 Å². The number of carbonyl (C=O) groups is 1. The number of hydrogen-bond donors (Lipinski definition) is 3. The van der Waals surface area contributed by atoms with Crippen molar-refractivity contribution in [3.63, 3.8) is 0 Å². The lowest BCUT2D eigenvalue weighted by molar-refractivity contribution is -0.122. The molecule has 1 aliphatic rings. The molecule has 7 rings (SSSR count). The summed E-state index contributed by atoms with van der Waals surface area (Å²) in [6, 6.07) is 28.7. The van der Waals surface area contributed by atoms with E-state index in [-0.39, 0.29) is 18.1 Å². The zero-order chi connectivity index (χ0) is 31.2. The van der Waals surface area contributed by atoms with E-state index < -0.39 is 0 Å². The van der Waals surface area contributed by atoms with Gasteiger partial charge >= 0.3 is 0 Å². The molecule has 0 bridgehead atoms. The molecule has 0 aliphatic carbocycles.